The molecule has 1 aromatic carbocycles. The molecule has 1 heterocycles. The second-order valence-electron chi connectivity index (χ2n) is 5.23. The maximum Gasteiger partial charge on any atom is 0.132 e. The minimum Gasteiger partial charge on any atom is -0.361 e. The summed E-state index contributed by atoms with van der Waals surface area (Å²) in [5, 5.41) is 0.702. The normalized spacial score (nSPS) is 27.2. The van der Waals surface area contributed by atoms with Gasteiger partial charge in [0.05, 0.1) is 0 Å². The minimum absolute atomic E-state index is 0.0808. The first-order valence-corrected chi connectivity index (χ1v) is 5.54. The van der Waals surface area contributed by atoms with Crippen molar-refractivity contribution in [3.05, 3.63) is 35.8 Å². The predicted molar refractivity (Wildman–Crippen MR) is 62.8 cm³/mol. The van der Waals surface area contributed by atoms with Gasteiger partial charge in [-0.25, -0.2) is 4.39 Å². The van der Waals surface area contributed by atoms with Crippen LogP contribution >= 0.6 is 0 Å². The summed E-state index contributed by atoms with van der Waals surface area (Å²) in [6, 6.07) is 5.24. The van der Waals surface area contributed by atoms with Gasteiger partial charge in [0.25, 0.3) is 0 Å². The van der Waals surface area contributed by atoms with E-state index in [1.54, 1.807) is 6.07 Å². The Kier molecular flexibility index (Phi) is 1.76. The number of fused-ring (bicyclic) bond motifs is 1. The Morgan fingerprint density at radius 1 is 1.38 bits per heavy atom. The van der Waals surface area contributed by atoms with Crippen LogP contribution in [-0.4, -0.2) is 11.0 Å². The highest BCUT2D eigenvalue weighted by atomic mass is 19.1. The molecule has 2 aromatic rings. The molecule has 3 heteroatoms. The molecule has 1 aliphatic carbocycles. The second-order valence-corrected chi connectivity index (χ2v) is 5.23. The lowest BCUT2D eigenvalue weighted by atomic mass is 10.0. The summed E-state index contributed by atoms with van der Waals surface area (Å²) in [7, 11) is 0. The van der Waals surface area contributed by atoms with Crippen molar-refractivity contribution in [1.82, 2.24) is 4.98 Å². The molecule has 0 unspecified atom stereocenters. The van der Waals surface area contributed by atoms with Crippen molar-refractivity contribution in [2.24, 2.45) is 11.1 Å². The summed E-state index contributed by atoms with van der Waals surface area (Å²) in [4.78, 5) is 3.11. The Hall–Kier alpha value is -1.35. The summed E-state index contributed by atoms with van der Waals surface area (Å²) >= 11 is 0. The molecule has 84 valence electrons. The number of benzene rings is 1. The van der Waals surface area contributed by atoms with Gasteiger partial charge in [-0.05, 0) is 23.1 Å². The summed E-state index contributed by atoms with van der Waals surface area (Å²) < 4.78 is 13.8. The van der Waals surface area contributed by atoms with Crippen molar-refractivity contribution < 1.29 is 4.39 Å². The van der Waals surface area contributed by atoms with Gasteiger partial charge in [-0.1, -0.05) is 19.9 Å². The topological polar surface area (TPSA) is 41.8 Å². The zero-order valence-corrected chi connectivity index (χ0v) is 9.42. The van der Waals surface area contributed by atoms with Crippen molar-refractivity contribution in [3.8, 4) is 0 Å². The van der Waals surface area contributed by atoms with Gasteiger partial charge in [0.2, 0.25) is 0 Å². The van der Waals surface area contributed by atoms with Crippen LogP contribution in [0.4, 0.5) is 4.39 Å². The largest absolute Gasteiger partial charge is 0.361 e. The zero-order chi connectivity index (χ0) is 11.5. The van der Waals surface area contributed by atoms with Gasteiger partial charge >= 0.3 is 0 Å². The molecule has 3 rings (SSSR count). The van der Waals surface area contributed by atoms with E-state index in [-0.39, 0.29) is 23.2 Å². The molecule has 0 saturated heterocycles. The highest BCUT2D eigenvalue weighted by Crippen LogP contribution is 2.58. The van der Waals surface area contributed by atoms with Crippen LogP contribution < -0.4 is 5.73 Å². The average Bonchev–Trinajstić information content (AvgIpc) is 2.63. The van der Waals surface area contributed by atoms with Gasteiger partial charge in [0.1, 0.15) is 5.82 Å². The van der Waals surface area contributed by atoms with E-state index >= 15 is 0 Å². The molecular formula is C13H15FN2. The Balaban J connectivity index is 2.20. The van der Waals surface area contributed by atoms with E-state index < -0.39 is 0 Å². The van der Waals surface area contributed by atoms with E-state index in [4.69, 9.17) is 5.73 Å². The first-order valence-electron chi connectivity index (χ1n) is 5.54. The van der Waals surface area contributed by atoms with E-state index in [0.717, 1.165) is 11.1 Å². The fourth-order valence-electron chi connectivity index (χ4n) is 2.68. The highest BCUT2D eigenvalue weighted by molar-refractivity contribution is 5.85. The number of aromatic amines is 1. The van der Waals surface area contributed by atoms with Crippen molar-refractivity contribution >= 4 is 10.9 Å². The molecule has 16 heavy (non-hydrogen) atoms. The lowest BCUT2D eigenvalue weighted by Crippen LogP contribution is -2.06. The van der Waals surface area contributed by atoms with Gasteiger partial charge < -0.3 is 10.7 Å². The van der Waals surface area contributed by atoms with E-state index in [2.05, 4.69) is 18.8 Å². The third-order valence-corrected chi connectivity index (χ3v) is 3.93. The lowest BCUT2D eigenvalue weighted by molar-refractivity contribution is 0.598. The number of H-pyrrole nitrogens is 1. The van der Waals surface area contributed by atoms with Crippen LogP contribution in [-0.2, 0) is 0 Å². The molecule has 2 nitrogen and oxygen atoms in total. The van der Waals surface area contributed by atoms with E-state index in [9.17, 15) is 4.39 Å². The molecule has 0 bridgehead atoms. The molecule has 1 aromatic heterocycles. The molecule has 0 radical (unpaired) electrons. The second kappa shape index (κ2) is 2.86. The minimum atomic E-state index is -0.163. The molecule has 0 spiro atoms. The summed E-state index contributed by atoms with van der Waals surface area (Å²) in [6.07, 6.45) is 1.90. The average molecular weight is 218 g/mol. The van der Waals surface area contributed by atoms with E-state index in [0.29, 0.717) is 5.39 Å². The molecule has 1 fully saturated rings. The molecule has 0 aliphatic heterocycles. The van der Waals surface area contributed by atoms with Crippen molar-refractivity contribution in [2.75, 3.05) is 0 Å². The van der Waals surface area contributed by atoms with E-state index in [1.165, 1.54) is 6.07 Å². The number of aromatic nitrogens is 1. The fraction of sp³-hybridized carbons (Fsp3) is 0.385. The highest BCUT2D eigenvalue weighted by Gasteiger charge is 2.57. The van der Waals surface area contributed by atoms with Crippen LogP contribution in [0.5, 0.6) is 0 Å². The van der Waals surface area contributed by atoms with E-state index in [1.807, 2.05) is 12.3 Å². The van der Waals surface area contributed by atoms with Crippen molar-refractivity contribution in [2.45, 2.75) is 25.8 Å². The summed E-state index contributed by atoms with van der Waals surface area (Å²) in [5.74, 6) is 0.0989. The van der Waals surface area contributed by atoms with Gasteiger partial charge in [-0.15, -0.1) is 0 Å². The summed E-state index contributed by atoms with van der Waals surface area (Å²) in [5.41, 5.74) is 7.99. The summed E-state index contributed by atoms with van der Waals surface area (Å²) in [6.45, 7) is 4.25. The first-order chi connectivity index (χ1) is 7.53. The van der Waals surface area contributed by atoms with Crippen molar-refractivity contribution in [1.29, 1.82) is 0 Å². The van der Waals surface area contributed by atoms with Gasteiger partial charge in [0, 0.05) is 29.1 Å². The van der Waals surface area contributed by atoms with Gasteiger partial charge in [0.15, 0.2) is 0 Å². The number of rotatable bonds is 1. The molecule has 0 amide bonds. The number of halogens is 1. The lowest BCUT2D eigenvalue weighted by Gasteiger charge is -2.01. The zero-order valence-electron chi connectivity index (χ0n) is 9.42. The maximum absolute atomic E-state index is 13.8. The maximum atomic E-state index is 13.8. The Bertz CT molecular complexity index is 556. The molecule has 3 N–H and O–H groups in total. The van der Waals surface area contributed by atoms with Gasteiger partial charge in [-0.3, -0.25) is 0 Å². The monoisotopic (exact) mass is 218 g/mol. The SMILES string of the molecule is CC1(C)[C@H](N)[C@H]1c1c[nH]c2cccc(F)c12. The molecule has 1 saturated carbocycles. The Morgan fingerprint density at radius 2 is 2.06 bits per heavy atom. The van der Waals surface area contributed by atoms with Crippen LogP contribution in [0.3, 0.4) is 0 Å². The third kappa shape index (κ3) is 1.09. The van der Waals surface area contributed by atoms with Crippen LogP contribution in [0.2, 0.25) is 0 Å². The quantitative estimate of drug-likeness (QED) is 0.759. The predicted octanol–water partition coefficient (Wildman–Crippen LogP) is 2.76. The van der Waals surface area contributed by atoms with Crippen LogP contribution in [0.1, 0.15) is 25.3 Å². The number of hydrogen-bond acceptors (Lipinski definition) is 1. The fourth-order valence-corrected chi connectivity index (χ4v) is 2.68. The van der Waals surface area contributed by atoms with Crippen molar-refractivity contribution in [3.63, 3.8) is 0 Å². The number of nitrogens with one attached hydrogen (secondary N) is 1. The van der Waals surface area contributed by atoms with Gasteiger partial charge in [-0.2, -0.15) is 0 Å². The molecule has 2 atom stereocenters. The number of hydrogen-bond donors (Lipinski definition) is 2. The molecule has 1 aliphatic rings. The standard InChI is InChI=1S/C13H15FN2/c1-13(2)11(12(13)15)7-6-16-9-5-3-4-8(14)10(7)9/h3-6,11-12,16H,15H2,1-2H3/t11-,12-/m1/s1. The third-order valence-electron chi connectivity index (χ3n) is 3.93. The first kappa shape index (κ1) is 9.85. The smallest absolute Gasteiger partial charge is 0.132 e. The molecular weight excluding hydrogens is 203 g/mol. The van der Waals surface area contributed by atoms with Crippen LogP contribution in [0, 0.1) is 11.2 Å². The number of nitrogens with two attached hydrogens (primary N) is 1. The van der Waals surface area contributed by atoms with Crippen LogP contribution in [0.15, 0.2) is 24.4 Å². The van der Waals surface area contributed by atoms with Crippen LogP contribution in [0.25, 0.3) is 10.9 Å². The Morgan fingerprint density at radius 3 is 2.69 bits per heavy atom. The Labute approximate surface area is 93.6 Å².